The first kappa shape index (κ1) is 16.8. The Morgan fingerprint density at radius 1 is 1.33 bits per heavy atom. The van der Waals surface area contributed by atoms with Gasteiger partial charge in [-0.25, -0.2) is 13.4 Å². The first-order valence-electron chi connectivity index (χ1n) is 7.86. The fourth-order valence-corrected chi connectivity index (χ4v) is 4.78. The molecule has 2 aromatic heterocycles. The van der Waals surface area contributed by atoms with Gasteiger partial charge in [-0.2, -0.15) is 14.4 Å². The number of rotatable bonds is 4. The zero-order valence-corrected chi connectivity index (χ0v) is 14.8. The van der Waals surface area contributed by atoms with E-state index in [0.29, 0.717) is 36.2 Å². The molecule has 1 atom stereocenters. The maximum Gasteiger partial charge on any atom is 0.246 e. The Balaban J connectivity index is 1.78. The van der Waals surface area contributed by atoms with Gasteiger partial charge in [0, 0.05) is 18.8 Å². The van der Waals surface area contributed by atoms with Crippen LogP contribution in [0.25, 0.3) is 0 Å². The van der Waals surface area contributed by atoms with Gasteiger partial charge in [-0.15, -0.1) is 0 Å². The summed E-state index contributed by atoms with van der Waals surface area (Å²) < 4.78 is 33.2. The van der Waals surface area contributed by atoms with Crippen molar-refractivity contribution in [2.24, 2.45) is 0 Å². The lowest BCUT2D eigenvalue weighted by atomic mass is 10.1. The van der Waals surface area contributed by atoms with E-state index in [2.05, 4.69) is 20.2 Å². The highest BCUT2D eigenvalue weighted by molar-refractivity contribution is 7.89. The highest BCUT2D eigenvalue weighted by atomic mass is 32.2. The van der Waals surface area contributed by atoms with Gasteiger partial charge >= 0.3 is 0 Å². The SMILES string of the molecule is Cc1nccc(OC2CCCN(S(=O)(=O)c3c(C)n[nH]c3C)C2)n1. The molecule has 1 aliphatic heterocycles. The number of nitrogens with zero attached hydrogens (tertiary/aromatic N) is 4. The molecule has 0 aliphatic carbocycles. The summed E-state index contributed by atoms with van der Waals surface area (Å²) >= 11 is 0. The number of hydrogen-bond acceptors (Lipinski definition) is 6. The highest BCUT2D eigenvalue weighted by Crippen LogP contribution is 2.26. The Bertz CT molecular complexity index is 814. The Hall–Kier alpha value is -2.00. The minimum atomic E-state index is -3.59. The van der Waals surface area contributed by atoms with E-state index in [-0.39, 0.29) is 11.0 Å². The largest absolute Gasteiger partial charge is 0.473 e. The predicted molar refractivity (Wildman–Crippen MR) is 87.2 cm³/mol. The van der Waals surface area contributed by atoms with Crippen LogP contribution < -0.4 is 4.74 Å². The summed E-state index contributed by atoms with van der Waals surface area (Å²) in [6.07, 6.45) is 2.94. The number of aromatic amines is 1. The van der Waals surface area contributed by atoms with Gasteiger partial charge in [0.25, 0.3) is 0 Å². The number of aryl methyl sites for hydroxylation is 3. The molecule has 0 amide bonds. The summed E-state index contributed by atoms with van der Waals surface area (Å²) in [5.41, 5.74) is 1.05. The van der Waals surface area contributed by atoms with Crippen molar-refractivity contribution in [1.82, 2.24) is 24.5 Å². The van der Waals surface area contributed by atoms with Crippen LogP contribution in [0.2, 0.25) is 0 Å². The molecule has 9 heteroatoms. The summed E-state index contributed by atoms with van der Waals surface area (Å²) in [4.78, 5) is 8.51. The summed E-state index contributed by atoms with van der Waals surface area (Å²) in [6, 6.07) is 1.69. The van der Waals surface area contributed by atoms with E-state index in [0.717, 1.165) is 12.8 Å². The van der Waals surface area contributed by atoms with Crippen LogP contribution in [0, 0.1) is 20.8 Å². The molecule has 1 aliphatic rings. The normalized spacial score (nSPS) is 19.4. The molecule has 8 nitrogen and oxygen atoms in total. The van der Waals surface area contributed by atoms with Crippen molar-refractivity contribution in [2.75, 3.05) is 13.1 Å². The van der Waals surface area contributed by atoms with E-state index in [1.165, 1.54) is 4.31 Å². The molecule has 130 valence electrons. The second-order valence-corrected chi connectivity index (χ2v) is 7.83. The Labute approximate surface area is 141 Å². The average Bonchev–Trinajstić information content (AvgIpc) is 2.87. The molecular weight excluding hydrogens is 330 g/mol. The third-order valence-corrected chi connectivity index (χ3v) is 6.17. The smallest absolute Gasteiger partial charge is 0.246 e. The number of H-pyrrole nitrogens is 1. The fraction of sp³-hybridized carbons (Fsp3) is 0.533. The molecule has 24 heavy (non-hydrogen) atoms. The van der Waals surface area contributed by atoms with Gasteiger partial charge in [-0.05, 0) is 33.6 Å². The van der Waals surface area contributed by atoms with Crippen molar-refractivity contribution in [3.8, 4) is 5.88 Å². The van der Waals surface area contributed by atoms with E-state index in [1.54, 1.807) is 33.0 Å². The maximum atomic E-state index is 12.9. The summed E-state index contributed by atoms with van der Waals surface area (Å²) in [5, 5.41) is 6.73. The van der Waals surface area contributed by atoms with Crippen molar-refractivity contribution >= 4 is 10.0 Å². The van der Waals surface area contributed by atoms with E-state index >= 15 is 0 Å². The lowest BCUT2D eigenvalue weighted by Gasteiger charge is -2.31. The molecule has 0 saturated carbocycles. The van der Waals surface area contributed by atoms with Crippen LogP contribution in [0.1, 0.15) is 30.1 Å². The molecule has 1 N–H and O–H groups in total. The van der Waals surface area contributed by atoms with Crippen LogP contribution in [0.5, 0.6) is 5.88 Å². The maximum absolute atomic E-state index is 12.9. The predicted octanol–water partition coefficient (Wildman–Crippen LogP) is 1.36. The number of nitrogens with one attached hydrogen (secondary N) is 1. The topological polar surface area (TPSA) is 101 Å². The van der Waals surface area contributed by atoms with Crippen LogP contribution in [0.15, 0.2) is 17.2 Å². The molecule has 1 saturated heterocycles. The molecule has 0 aromatic carbocycles. The quantitative estimate of drug-likeness (QED) is 0.892. The number of sulfonamides is 1. The third-order valence-electron chi connectivity index (χ3n) is 4.04. The lowest BCUT2D eigenvalue weighted by Crippen LogP contribution is -2.44. The first-order chi connectivity index (χ1) is 11.4. The van der Waals surface area contributed by atoms with Crippen LogP contribution >= 0.6 is 0 Å². The van der Waals surface area contributed by atoms with Gasteiger partial charge in [-0.3, -0.25) is 5.10 Å². The monoisotopic (exact) mass is 351 g/mol. The molecular formula is C15H21N5O3S. The van der Waals surface area contributed by atoms with Gasteiger partial charge in [0.2, 0.25) is 15.9 Å². The standard InChI is InChI=1S/C15H21N5O3S/c1-10-15(11(2)19-18-10)24(21,22)20-8-4-5-13(9-20)23-14-6-7-16-12(3)17-14/h6-7,13H,4-5,8-9H2,1-3H3,(H,18,19). The van der Waals surface area contributed by atoms with Crippen LogP contribution in [-0.4, -0.2) is 52.1 Å². The number of ether oxygens (including phenoxy) is 1. The molecule has 0 radical (unpaired) electrons. The van der Waals surface area contributed by atoms with Gasteiger partial charge in [-0.1, -0.05) is 0 Å². The fourth-order valence-electron chi connectivity index (χ4n) is 2.94. The van der Waals surface area contributed by atoms with Crippen molar-refractivity contribution < 1.29 is 13.2 Å². The third kappa shape index (κ3) is 3.27. The summed E-state index contributed by atoms with van der Waals surface area (Å²) in [7, 11) is -3.59. The van der Waals surface area contributed by atoms with Crippen molar-refractivity contribution in [3.63, 3.8) is 0 Å². The number of hydrogen-bond donors (Lipinski definition) is 1. The number of aromatic nitrogens is 4. The minimum absolute atomic E-state index is 0.227. The van der Waals surface area contributed by atoms with Crippen molar-refractivity contribution in [2.45, 2.75) is 44.6 Å². The molecule has 2 aromatic rings. The summed E-state index contributed by atoms with van der Waals surface area (Å²) in [5.74, 6) is 1.10. The molecule has 3 rings (SSSR count). The van der Waals surface area contributed by atoms with Gasteiger partial charge < -0.3 is 4.74 Å². The molecule has 0 bridgehead atoms. The second-order valence-electron chi connectivity index (χ2n) is 5.95. The zero-order chi connectivity index (χ0) is 17.3. The van der Waals surface area contributed by atoms with Gasteiger partial charge in [0.15, 0.2) is 0 Å². The molecule has 0 spiro atoms. The Morgan fingerprint density at radius 3 is 2.79 bits per heavy atom. The van der Waals surface area contributed by atoms with E-state index in [1.807, 2.05) is 0 Å². The van der Waals surface area contributed by atoms with E-state index in [9.17, 15) is 8.42 Å². The van der Waals surface area contributed by atoms with Gasteiger partial charge in [0.1, 0.15) is 16.8 Å². The Kier molecular flexibility index (Phi) is 4.55. The van der Waals surface area contributed by atoms with Crippen LogP contribution in [0.3, 0.4) is 0 Å². The van der Waals surface area contributed by atoms with Crippen molar-refractivity contribution in [1.29, 1.82) is 0 Å². The Morgan fingerprint density at radius 2 is 2.12 bits per heavy atom. The summed E-state index contributed by atoms with van der Waals surface area (Å²) in [6.45, 7) is 5.98. The molecule has 1 fully saturated rings. The number of piperidine rings is 1. The van der Waals surface area contributed by atoms with E-state index in [4.69, 9.17) is 4.74 Å². The minimum Gasteiger partial charge on any atom is -0.473 e. The highest BCUT2D eigenvalue weighted by Gasteiger charge is 2.34. The molecule has 1 unspecified atom stereocenters. The average molecular weight is 351 g/mol. The van der Waals surface area contributed by atoms with Crippen LogP contribution in [0.4, 0.5) is 0 Å². The van der Waals surface area contributed by atoms with Crippen LogP contribution in [-0.2, 0) is 10.0 Å². The second kappa shape index (κ2) is 6.48. The zero-order valence-electron chi connectivity index (χ0n) is 14.0. The lowest BCUT2D eigenvalue weighted by molar-refractivity contribution is 0.124. The van der Waals surface area contributed by atoms with E-state index < -0.39 is 10.0 Å². The van der Waals surface area contributed by atoms with Gasteiger partial charge in [0.05, 0.1) is 17.9 Å². The molecule has 3 heterocycles. The van der Waals surface area contributed by atoms with Crippen molar-refractivity contribution in [3.05, 3.63) is 29.5 Å². The first-order valence-corrected chi connectivity index (χ1v) is 9.30.